The minimum Gasteiger partial charge on any atom is -0.271 e. The monoisotopic (exact) mass is 145 g/mol. The largest absolute Gasteiger partial charge is 0.271 e. The number of nitrogens with zero attached hydrogens (tertiary/aromatic N) is 1. The average molecular weight is 145 g/mol. The summed E-state index contributed by atoms with van der Waals surface area (Å²) >= 11 is 0. The summed E-state index contributed by atoms with van der Waals surface area (Å²) < 4.78 is 0. The van der Waals surface area contributed by atoms with Gasteiger partial charge < -0.3 is 0 Å². The maximum atomic E-state index is 10.3. The van der Waals surface area contributed by atoms with Gasteiger partial charge in [-0.2, -0.15) is 4.91 Å². The average Bonchev–Trinajstić information content (AvgIpc) is 1.88. The van der Waals surface area contributed by atoms with Crippen LogP contribution in [0.4, 0.5) is 0 Å². The lowest BCUT2D eigenvalue weighted by atomic mass is 9.84. The molecule has 4 nitrogen and oxygen atoms in total. The van der Waals surface area contributed by atoms with Crippen LogP contribution in [0.1, 0.15) is 27.7 Å². The summed E-state index contributed by atoms with van der Waals surface area (Å²) in [4.78, 5) is 10.3. The first kappa shape index (κ1) is 9.52. The van der Waals surface area contributed by atoms with Crippen molar-refractivity contribution in [2.24, 2.45) is 11.0 Å². The van der Waals surface area contributed by atoms with Crippen molar-refractivity contribution in [3.8, 4) is 0 Å². The van der Waals surface area contributed by atoms with Crippen LogP contribution in [0, 0.1) is 4.91 Å². The summed E-state index contributed by atoms with van der Waals surface area (Å²) in [5.74, 6) is 5.22. The van der Waals surface area contributed by atoms with Gasteiger partial charge in [-0.3, -0.25) is 11.3 Å². The van der Waals surface area contributed by atoms with Gasteiger partial charge in [0.25, 0.3) is 0 Å². The number of nitroso groups, excluding NO2 is 1. The van der Waals surface area contributed by atoms with Crippen LogP contribution in [0.2, 0.25) is 0 Å². The molecule has 0 radical (unpaired) electrons. The van der Waals surface area contributed by atoms with E-state index in [9.17, 15) is 4.91 Å². The van der Waals surface area contributed by atoms with Crippen molar-refractivity contribution in [3.05, 3.63) is 4.91 Å². The molecule has 0 aromatic carbocycles. The van der Waals surface area contributed by atoms with Crippen LogP contribution in [0.15, 0.2) is 5.18 Å². The molecule has 0 saturated carbocycles. The number of rotatable bonds is 3. The number of nitrogens with one attached hydrogen (secondary N) is 1. The minimum atomic E-state index is -0.679. The highest BCUT2D eigenvalue weighted by Crippen LogP contribution is 2.23. The highest BCUT2D eigenvalue weighted by molar-refractivity contribution is 4.98. The van der Waals surface area contributed by atoms with Gasteiger partial charge in [-0.25, -0.2) is 0 Å². The van der Waals surface area contributed by atoms with Crippen molar-refractivity contribution < 1.29 is 0 Å². The highest BCUT2D eigenvalue weighted by Gasteiger charge is 2.37. The maximum Gasteiger partial charge on any atom is 0.116 e. The fraction of sp³-hybridized carbons (Fsp3) is 1.00. The van der Waals surface area contributed by atoms with Gasteiger partial charge >= 0.3 is 0 Å². The van der Waals surface area contributed by atoms with Gasteiger partial charge in [-0.15, -0.1) is 0 Å². The van der Waals surface area contributed by atoms with Gasteiger partial charge in [0.05, 0.1) is 5.54 Å². The number of nitrogens with two attached hydrogens (primary N) is 1. The Hall–Kier alpha value is -0.480. The van der Waals surface area contributed by atoms with Gasteiger partial charge in [-0.1, -0.05) is 5.18 Å². The van der Waals surface area contributed by atoms with E-state index in [0.717, 1.165) is 0 Å². The third-order valence-corrected chi connectivity index (χ3v) is 2.12. The third kappa shape index (κ3) is 1.52. The van der Waals surface area contributed by atoms with Crippen molar-refractivity contribution in [1.29, 1.82) is 0 Å². The van der Waals surface area contributed by atoms with E-state index in [1.165, 1.54) is 0 Å². The number of hydrazine groups is 1. The Morgan fingerprint density at radius 1 is 1.30 bits per heavy atom. The molecule has 0 fully saturated rings. The molecule has 0 aromatic heterocycles. The first-order valence-corrected chi connectivity index (χ1v) is 3.19. The summed E-state index contributed by atoms with van der Waals surface area (Å²) in [6.45, 7) is 7.13. The SMILES string of the molecule is CC(C)(N=O)C(C)(C)NN. The Morgan fingerprint density at radius 3 is 1.80 bits per heavy atom. The van der Waals surface area contributed by atoms with Crippen LogP contribution in [0.5, 0.6) is 0 Å². The second kappa shape index (κ2) is 2.64. The molecule has 0 saturated heterocycles. The standard InChI is InChI=1S/C6H15N3O/c1-5(2,8-7)6(3,4)9-10/h8H,7H2,1-4H3. The lowest BCUT2D eigenvalue weighted by Crippen LogP contribution is -2.57. The molecule has 0 aromatic rings. The van der Waals surface area contributed by atoms with Crippen molar-refractivity contribution in [1.82, 2.24) is 5.43 Å². The molecular weight excluding hydrogens is 130 g/mol. The van der Waals surface area contributed by atoms with Gasteiger partial charge in [0, 0.05) is 0 Å². The van der Waals surface area contributed by atoms with E-state index < -0.39 is 11.1 Å². The van der Waals surface area contributed by atoms with E-state index in [1.807, 2.05) is 13.8 Å². The Bertz CT molecular complexity index is 131. The van der Waals surface area contributed by atoms with Gasteiger partial charge in [0.15, 0.2) is 0 Å². The summed E-state index contributed by atoms with van der Waals surface area (Å²) in [6.07, 6.45) is 0. The minimum absolute atomic E-state index is 0.464. The van der Waals surface area contributed by atoms with E-state index in [4.69, 9.17) is 5.84 Å². The topological polar surface area (TPSA) is 67.5 Å². The molecule has 3 N–H and O–H groups in total. The van der Waals surface area contributed by atoms with Crippen LogP contribution in [-0.4, -0.2) is 11.1 Å². The normalized spacial score (nSPS) is 13.3. The Labute approximate surface area is 61.1 Å². The van der Waals surface area contributed by atoms with Gasteiger partial charge in [0.1, 0.15) is 5.54 Å². The first-order chi connectivity index (χ1) is 4.37. The Morgan fingerprint density at radius 2 is 1.70 bits per heavy atom. The molecule has 4 heteroatoms. The molecule has 0 aliphatic carbocycles. The lowest BCUT2D eigenvalue weighted by Gasteiger charge is -2.34. The van der Waals surface area contributed by atoms with Crippen LogP contribution < -0.4 is 11.3 Å². The van der Waals surface area contributed by atoms with Crippen LogP contribution in [0.25, 0.3) is 0 Å². The molecule has 0 unspecified atom stereocenters. The molecule has 0 heterocycles. The quantitative estimate of drug-likeness (QED) is 0.350. The van der Waals surface area contributed by atoms with Crippen molar-refractivity contribution in [3.63, 3.8) is 0 Å². The molecule has 0 aliphatic heterocycles. The van der Waals surface area contributed by atoms with Crippen molar-refractivity contribution in [2.75, 3.05) is 0 Å². The fourth-order valence-corrected chi connectivity index (χ4v) is 0.291. The maximum absolute atomic E-state index is 10.3. The van der Waals surface area contributed by atoms with Crippen molar-refractivity contribution >= 4 is 0 Å². The van der Waals surface area contributed by atoms with Gasteiger partial charge in [-0.05, 0) is 27.7 Å². The van der Waals surface area contributed by atoms with Crippen LogP contribution in [0.3, 0.4) is 0 Å². The fourth-order valence-electron chi connectivity index (χ4n) is 0.291. The molecule has 10 heavy (non-hydrogen) atoms. The second-order valence-electron chi connectivity index (χ2n) is 3.42. The molecule has 0 atom stereocenters. The predicted octanol–water partition coefficient (Wildman–Crippen LogP) is 0.773. The summed E-state index contributed by atoms with van der Waals surface area (Å²) in [5.41, 5.74) is 1.40. The number of hydrogen-bond acceptors (Lipinski definition) is 4. The molecule has 0 bridgehead atoms. The zero-order valence-electron chi connectivity index (χ0n) is 6.93. The van der Waals surface area contributed by atoms with E-state index in [1.54, 1.807) is 13.8 Å². The van der Waals surface area contributed by atoms with Crippen molar-refractivity contribution in [2.45, 2.75) is 38.8 Å². The Balaban J connectivity index is 4.43. The van der Waals surface area contributed by atoms with E-state index in [0.29, 0.717) is 0 Å². The zero-order valence-corrected chi connectivity index (χ0v) is 6.93. The molecule has 0 spiro atoms. The Kier molecular flexibility index (Phi) is 2.51. The second-order valence-corrected chi connectivity index (χ2v) is 3.42. The predicted molar refractivity (Wildman–Crippen MR) is 41.3 cm³/mol. The summed E-state index contributed by atoms with van der Waals surface area (Å²) in [7, 11) is 0. The molecule has 60 valence electrons. The number of hydrogen-bond donors (Lipinski definition) is 2. The molecule has 0 amide bonds. The van der Waals surface area contributed by atoms with Gasteiger partial charge in [0.2, 0.25) is 0 Å². The summed E-state index contributed by atoms with van der Waals surface area (Å²) in [5, 5.41) is 2.97. The highest BCUT2D eigenvalue weighted by atomic mass is 16.3. The smallest absolute Gasteiger partial charge is 0.116 e. The molecular formula is C6H15N3O. The van der Waals surface area contributed by atoms with Crippen LogP contribution >= 0.6 is 0 Å². The molecule has 0 aliphatic rings. The first-order valence-electron chi connectivity index (χ1n) is 3.19. The van der Waals surface area contributed by atoms with Crippen LogP contribution in [-0.2, 0) is 0 Å². The third-order valence-electron chi connectivity index (χ3n) is 2.12. The summed E-state index contributed by atoms with van der Waals surface area (Å²) in [6, 6.07) is 0. The molecule has 0 rings (SSSR count). The van der Waals surface area contributed by atoms with E-state index in [2.05, 4.69) is 10.6 Å². The lowest BCUT2D eigenvalue weighted by molar-refractivity contribution is 0.246. The van der Waals surface area contributed by atoms with E-state index in [-0.39, 0.29) is 0 Å². The zero-order chi connectivity index (χ0) is 8.41. The van der Waals surface area contributed by atoms with E-state index >= 15 is 0 Å².